The molecule has 0 atom stereocenters. The summed E-state index contributed by atoms with van der Waals surface area (Å²) in [6.45, 7) is 5.59. The second-order valence-corrected chi connectivity index (χ2v) is 5.02. The summed E-state index contributed by atoms with van der Waals surface area (Å²) < 4.78 is 5.36. The Bertz CT molecular complexity index is 363. The van der Waals surface area contributed by atoms with Crippen molar-refractivity contribution in [2.75, 3.05) is 4.90 Å². The van der Waals surface area contributed by atoms with E-state index in [-0.39, 0.29) is 12.1 Å². The van der Waals surface area contributed by atoms with Gasteiger partial charge in [-0.1, -0.05) is 0 Å². The van der Waals surface area contributed by atoms with Crippen LogP contribution in [0.5, 0.6) is 0 Å². The highest BCUT2D eigenvalue weighted by molar-refractivity contribution is 5.87. The first-order valence-electron chi connectivity index (χ1n) is 5.48. The maximum absolute atomic E-state index is 12.0. The van der Waals surface area contributed by atoms with Gasteiger partial charge in [-0.15, -0.1) is 0 Å². The van der Waals surface area contributed by atoms with Gasteiger partial charge in [0.05, 0.1) is 12.5 Å². The van der Waals surface area contributed by atoms with Gasteiger partial charge in [-0.25, -0.2) is 9.78 Å². The number of ether oxygens (including phenoxy) is 1. The van der Waals surface area contributed by atoms with Gasteiger partial charge in [0.15, 0.2) is 0 Å². The molecule has 0 spiro atoms. The van der Waals surface area contributed by atoms with E-state index in [4.69, 9.17) is 4.74 Å². The summed E-state index contributed by atoms with van der Waals surface area (Å²) >= 11 is 0. The van der Waals surface area contributed by atoms with Crippen LogP contribution in [0.3, 0.4) is 0 Å². The third-order valence-corrected chi connectivity index (χ3v) is 2.25. The zero-order chi connectivity index (χ0) is 11.8. The lowest BCUT2D eigenvalue weighted by molar-refractivity contribution is 0.0576. The lowest BCUT2D eigenvalue weighted by Crippen LogP contribution is -2.38. The Morgan fingerprint density at radius 3 is 2.69 bits per heavy atom. The molecule has 16 heavy (non-hydrogen) atoms. The molecule has 0 bridgehead atoms. The Morgan fingerprint density at radius 2 is 2.25 bits per heavy atom. The predicted octanol–water partition coefficient (Wildman–Crippen LogP) is 2.31. The summed E-state index contributed by atoms with van der Waals surface area (Å²) in [6.07, 6.45) is 4.95. The van der Waals surface area contributed by atoms with Gasteiger partial charge < -0.3 is 9.72 Å². The van der Waals surface area contributed by atoms with Crippen molar-refractivity contribution in [3.8, 4) is 0 Å². The first kappa shape index (κ1) is 11.0. The number of aromatic amines is 1. The summed E-state index contributed by atoms with van der Waals surface area (Å²) in [5.41, 5.74) is -0.468. The van der Waals surface area contributed by atoms with Crippen molar-refractivity contribution in [2.45, 2.75) is 45.3 Å². The Balaban J connectivity index is 2.11. The number of hydrogen-bond acceptors (Lipinski definition) is 3. The van der Waals surface area contributed by atoms with E-state index in [1.54, 1.807) is 17.4 Å². The largest absolute Gasteiger partial charge is 0.443 e. The molecular formula is C11H17N3O2. The highest BCUT2D eigenvalue weighted by atomic mass is 16.6. The average Bonchev–Trinajstić information content (AvgIpc) is 2.78. The van der Waals surface area contributed by atoms with E-state index in [1.165, 1.54) is 0 Å². The number of carbonyl (C=O) groups is 1. The van der Waals surface area contributed by atoms with Gasteiger partial charge in [-0.3, -0.25) is 4.90 Å². The molecule has 1 aliphatic rings. The van der Waals surface area contributed by atoms with Gasteiger partial charge in [-0.05, 0) is 33.6 Å². The Hall–Kier alpha value is -1.52. The van der Waals surface area contributed by atoms with Crippen LogP contribution in [0.25, 0.3) is 0 Å². The summed E-state index contributed by atoms with van der Waals surface area (Å²) in [4.78, 5) is 20.5. The molecule has 1 aromatic rings. The van der Waals surface area contributed by atoms with Gasteiger partial charge in [-0.2, -0.15) is 0 Å². The highest BCUT2D eigenvalue weighted by Crippen LogP contribution is 2.31. The number of rotatable bonds is 2. The van der Waals surface area contributed by atoms with Crippen LogP contribution in [0.4, 0.5) is 10.6 Å². The molecule has 1 fully saturated rings. The van der Waals surface area contributed by atoms with Crippen molar-refractivity contribution in [2.24, 2.45) is 0 Å². The molecule has 0 saturated heterocycles. The van der Waals surface area contributed by atoms with Crippen LogP contribution in [0.2, 0.25) is 0 Å². The molecule has 5 nitrogen and oxygen atoms in total. The minimum Gasteiger partial charge on any atom is -0.443 e. The molecule has 1 heterocycles. The zero-order valence-corrected chi connectivity index (χ0v) is 9.86. The predicted molar refractivity (Wildman–Crippen MR) is 60.3 cm³/mol. The quantitative estimate of drug-likeness (QED) is 0.837. The van der Waals surface area contributed by atoms with E-state index in [1.807, 2.05) is 20.8 Å². The standard InChI is InChI=1S/C11H17N3O2/c1-11(2,3)16-10(15)14(8-4-5-8)9-6-12-7-13-9/h6-8H,4-5H2,1-3H3,(H,12,13). The summed E-state index contributed by atoms with van der Waals surface area (Å²) in [6, 6.07) is 0.260. The van der Waals surface area contributed by atoms with Gasteiger partial charge in [0.2, 0.25) is 0 Å². The van der Waals surface area contributed by atoms with Crippen molar-refractivity contribution in [1.29, 1.82) is 0 Å². The smallest absolute Gasteiger partial charge is 0.416 e. The van der Waals surface area contributed by atoms with Crippen molar-refractivity contribution in [1.82, 2.24) is 9.97 Å². The number of nitrogens with one attached hydrogen (secondary N) is 1. The second kappa shape index (κ2) is 3.81. The zero-order valence-electron chi connectivity index (χ0n) is 9.86. The first-order chi connectivity index (χ1) is 7.47. The van der Waals surface area contributed by atoms with Crippen molar-refractivity contribution < 1.29 is 9.53 Å². The van der Waals surface area contributed by atoms with Crippen LogP contribution in [-0.2, 0) is 4.74 Å². The van der Waals surface area contributed by atoms with Crippen LogP contribution in [-0.4, -0.2) is 27.7 Å². The number of amides is 1. The summed E-state index contributed by atoms with van der Waals surface area (Å²) in [7, 11) is 0. The number of nitrogens with zero attached hydrogens (tertiary/aromatic N) is 2. The number of hydrogen-bond donors (Lipinski definition) is 1. The average molecular weight is 223 g/mol. The monoisotopic (exact) mass is 223 g/mol. The SMILES string of the molecule is CC(C)(C)OC(=O)N(c1cnc[nH]1)C1CC1. The Morgan fingerprint density at radius 1 is 1.56 bits per heavy atom. The number of imidazole rings is 1. The van der Waals surface area contributed by atoms with E-state index in [9.17, 15) is 4.79 Å². The first-order valence-corrected chi connectivity index (χ1v) is 5.48. The van der Waals surface area contributed by atoms with Crippen LogP contribution in [0.15, 0.2) is 12.5 Å². The second-order valence-electron chi connectivity index (χ2n) is 5.02. The number of aromatic nitrogens is 2. The highest BCUT2D eigenvalue weighted by Gasteiger charge is 2.37. The molecule has 1 aromatic heterocycles. The van der Waals surface area contributed by atoms with Crippen molar-refractivity contribution >= 4 is 11.9 Å². The van der Waals surface area contributed by atoms with E-state index >= 15 is 0 Å². The van der Waals surface area contributed by atoms with Gasteiger partial charge in [0.25, 0.3) is 0 Å². The summed E-state index contributed by atoms with van der Waals surface area (Å²) in [5, 5.41) is 0. The number of H-pyrrole nitrogens is 1. The van der Waals surface area contributed by atoms with Crippen molar-refractivity contribution in [3.63, 3.8) is 0 Å². The van der Waals surface area contributed by atoms with Crippen molar-refractivity contribution in [3.05, 3.63) is 12.5 Å². The van der Waals surface area contributed by atoms with Crippen LogP contribution < -0.4 is 4.90 Å². The molecule has 2 rings (SSSR count). The van der Waals surface area contributed by atoms with E-state index < -0.39 is 5.60 Å². The molecule has 0 aliphatic heterocycles. The maximum atomic E-state index is 12.0. The Kier molecular flexibility index (Phi) is 2.61. The molecule has 1 saturated carbocycles. The normalized spacial score (nSPS) is 15.9. The van der Waals surface area contributed by atoms with Crippen LogP contribution >= 0.6 is 0 Å². The van der Waals surface area contributed by atoms with Gasteiger partial charge in [0, 0.05) is 6.04 Å². The minimum absolute atomic E-state index is 0.260. The fraction of sp³-hybridized carbons (Fsp3) is 0.636. The van der Waals surface area contributed by atoms with Crippen LogP contribution in [0.1, 0.15) is 33.6 Å². The molecule has 1 aliphatic carbocycles. The van der Waals surface area contributed by atoms with Gasteiger partial charge in [0.1, 0.15) is 11.4 Å². The molecule has 0 unspecified atom stereocenters. The lowest BCUT2D eigenvalue weighted by atomic mass is 10.2. The topological polar surface area (TPSA) is 58.2 Å². The molecule has 1 amide bonds. The molecule has 0 radical (unpaired) electrons. The van der Waals surface area contributed by atoms with E-state index in [0.29, 0.717) is 5.82 Å². The summed E-state index contributed by atoms with van der Waals surface area (Å²) in [5.74, 6) is 0.705. The molecular weight excluding hydrogens is 206 g/mol. The molecule has 1 N–H and O–H groups in total. The van der Waals surface area contributed by atoms with Gasteiger partial charge >= 0.3 is 6.09 Å². The third-order valence-electron chi connectivity index (χ3n) is 2.25. The number of anilines is 1. The molecule has 0 aromatic carbocycles. The van der Waals surface area contributed by atoms with E-state index in [0.717, 1.165) is 12.8 Å². The number of carbonyl (C=O) groups excluding carboxylic acids is 1. The fourth-order valence-electron chi connectivity index (χ4n) is 1.47. The maximum Gasteiger partial charge on any atom is 0.416 e. The van der Waals surface area contributed by atoms with E-state index in [2.05, 4.69) is 9.97 Å². The minimum atomic E-state index is -0.468. The third kappa shape index (κ3) is 2.53. The lowest BCUT2D eigenvalue weighted by Gasteiger charge is -2.26. The fourth-order valence-corrected chi connectivity index (χ4v) is 1.47. The Labute approximate surface area is 94.8 Å². The molecule has 88 valence electrons. The van der Waals surface area contributed by atoms with Crippen LogP contribution in [0, 0.1) is 0 Å². The molecule has 5 heteroatoms.